The van der Waals surface area contributed by atoms with Gasteiger partial charge in [0, 0.05) is 23.7 Å². The Balaban J connectivity index is 2.30. The molecule has 0 bridgehead atoms. The van der Waals surface area contributed by atoms with Crippen LogP contribution in [0.25, 0.3) is 0 Å². The van der Waals surface area contributed by atoms with Gasteiger partial charge in [-0.2, -0.15) is 4.31 Å². The van der Waals surface area contributed by atoms with Crippen LogP contribution < -0.4 is 5.32 Å². The van der Waals surface area contributed by atoms with Gasteiger partial charge < -0.3 is 5.32 Å². The van der Waals surface area contributed by atoms with Crippen LogP contribution in [0.1, 0.15) is 24.2 Å². The molecule has 134 valence electrons. The lowest BCUT2D eigenvalue weighted by molar-refractivity contribution is 0.102. The lowest BCUT2D eigenvalue weighted by atomic mass is 10.2. The Hall–Kier alpha value is -1.60. The fraction of sp³-hybridized carbons (Fsp3) is 0.235. The summed E-state index contributed by atoms with van der Waals surface area (Å²) >= 11 is 11.9. The van der Waals surface area contributed by atoms with E-state index in [1.54, 1.807) is 32.0 Å². The average molecular weight is 401 g/mol. The number of nitrogens with zero attached hydrogens (tertiary/aromatic N) is 1. The summed E-state index contributed by atoms with van der Waals surface area (Å²) in [6.07, 6.45) is 0. The molecule has 25 heavy (non-hydrogen) atoms. The monoisotopic (exact) mass is 400 g/mol. The molecule has 8 heteroatoms. The van der Waals surface area contributed by atoms with E-state index in [0.717, 1.165) is 0 Å². The van der Waals surface area contributed by atoms with Crippen LogP contribution in [-0.4, -0.2) is 31.7 Å². The minimum Gasteiger partial charge on any atom is -0.321 e. The topological polar surface area (TPSA) is 66.5 Å². The van der Waals surface area contributed by atoms with Gasteiger partial charge in [-0.05, 0) is 36.4 Å². The Morgan fingerprint density at radius 1 is 1.08 bits per heavy atom. The SMILES string of the molecule is CCN(CC)S(=O)(=O)c1cccc(C(=O)Nc2ccc(Cl)cc2Cl)c1. The second kappa shape index (κ2) is 8.19. The molecule has 0 aliphatic carbocycles. The minimum absolute atomic E-state index is 0.0750. The molecule has 1 N–H and O–H groups in total. The fourth-order valence-corrected chi connectivity index (χ4v) is 4.26. The van der Waals surface area contributed by atoms with Gasteiger partial charge >= 0.3 is 0 Å². The summed E-state index contributed by atoms with van der Waals surface area (Å²) in [6, 6.07) is 10.6. The van der Waals surface area contributed by atoms with E-state index in [1.165, 1.54) is 28.6 Å². The Labute approximate surface area is 157 Å². The van der Waals surface area contributed by atoms with E-state index in [1.807, 2.05) is 0 Å². The highest BCUT2D eigenvalue weighted by molar-refractivity contribution is 7.89. The largest absolute Gasteiger partial charge is 0.321 e. The van der Waals surface area contributed by atoms with Crippen molar-refractivity contribution in [2.45, 2.75) is 18.7 Å². The van der Waals surface area contributed by atoms with Crippen molar-refractivity contribution in [2.24, 2.45) is 0 Å². The first kappa shape index (κ1) is 19.7. The van der Waals surface area contributed by atoms with Gasteiger partial charge in [0.25, 0.3) is 5.91 Å². The van der Waals surface area contributed by atoms with Crippen molar-refractivity contribution in [3.05, 3.63) is 58.1 Å². The van der Waals surface area contributed by atoms with E-state index in [4.69, 9.17) is 23.2 Å². The first-order valence-corrected chi connectivity index (χ1v) is 9.85. The number of hydrogen-bond donors (Lipinski definition) is 1. The van der Waals surface area contributed by atoms with Gasteiger partial charge in [-0.15, -0.1) is 0 Å². The molecule has 0 atom stereocenters. The summed E-state index contributed by atoms with van der Waals surface area (Å²) in [4.78, 5) is 12.5. The number of rotatable bonds is 6. The number of anilines is 1. The van der Waals surface area contributed by atoms with Crippen LogP contribution in [0, 0.1) is 0 Å². The molecule has 0 saturated carbocycles. The van der Waals surface area contributed by atoms with Gasteiger partial charge in [0.1, 0.15) is 0 Å². The first-order chi connectivity index (χ1) is 11.8. The molecule has 0 radical (unpaired) electrons. The third-order valence-corrected chi connectivity index (χ3v) is 6.21. The predicted octanol–water partition coefficient (Wildman–Crippen LogP) is 4.28. The maximum atomic E-state index is 12.6. The highest BCUT2D eigenvalue weighted by Crippen LogP contribution is 2.26. The van der Waals surface area contributed by atoms with Crippen molar-refractivity contribution < 1.29 is 13.2 Å². The molecule has 2 aromatic carbocycles. The molecule has 5 nitrogen and oxygen atoms in total. The quantitative estimate of drug-likeness (QED) is 0.786. The second-order valence-electron chi connectivity index (χ2n) is 5.20. The molecular weight excluding hydrogens is 383 g/mol. The third-order valence-electron chi connectivity index (χ3n) is 3.62. The number of sulfonamides is 1. The van der Waals surface area contributed by atoms with E-state index >= 15 is 0 Å². The van der Waals surface area contributed by atoms with Gasteiger partial charge in [0.15, 0.2) is 0 Å². The minimum atomic E-state index is -3.63. The van der Waals surface area contributed by atoms with Gasteiger partial charge in [-0.1, -0.05) is 43.1 Å². The molecule has 0 aliphatic rings. The van der Waals surface area contributed by atoms with Crippen molar-refractivity contribution in [2.75, 3.05) is 18.4 Å². The maximum Gasteiger partial charge on any atom is 0.255 e. The summed E-state index contributed by atoms with van der Waals surface area (Å²) in [7, 11) is -3.63. The van der Waals surface area contributed by atoms with Crippen LogP contribution in [0.3, 0.4) is 0 Å². The van der Waals surface area contributed by atoms with Crippen molar-refractivity contribution in [3.8, 4) is 0 Å². The van der Waals surface area contributed by atoms with Crippen molar-refractivity contribution in [3.63, 3.8) is 0 Å². The van der Waals surface area contributed by atoms with Gasteiger partial charge in [-0.3, -0.25) is 4.79 Å². The Morgan fingerprint density at radius 2 is 1.76 bits per heavy atom. The summed E-state index contributed by atoms with van der Waals surface area (Å²) in [6.45, 7) is 4.24. The molecule has 0 heterocycles. The van der Waals surface area contributed by atoms with E-state index in [-0.39, 0.29) is 10.5 Å². The van der Waals surface area contributed by atoms with Crippen molar-refractivity contribution in [1.82, 2.24) is 4.31 Å². The Morgan fingerprint density at radius 3 is 2.36 bits per heavy atom. The molecular formula is C17H18Cl2N2O3S. The van der Waals surface area contributed by atoms with E-state index in [9.17, 15) is 13.2 Å². The maximum absolute atomic E-state index is 12.6. The third kappa shape index (κ3) is 4.52. The van der Waals surface area contributed by atoms with Crippen molar-refractivity contribution in [1.29, 1.82) is 0 Å². The Bertz CT molecular complexity index is 881. The van der Waals surface area contributed by atoms with Crippen LogP contribution >= 0.6 is 23.2 Å². The van der Waals surface area contributed by atoms with Gasteiger partial charge in [0.05, 0.1) is 15.6 Å². The van der Waals surface area contributed by atoms with E-state index in [0.29, 0.717) is 28.8 Å². The summed E-state index contributed by atoms with van der Waals surface area (Å²) in [5.41, 5.74) is 0.618. The number of nitrogens with one attached hydrogen (secondary N) is 1. The van der Waals surface area contributed by atoms with Crippen LogP contribution in [0.2, 0.25) is 10.0 Å². The van der Waals surface area contributed by atoms with Gasteiger partial charge in [0.2, 0.25) is 10.0 Å². The van der Waals surface area contributed by atoms with E-state index < -0.39 is 15.9 Å². The number of carbonyl (C=O) groups is 1. The van der Waals surface area contributed by atoms with Crippen LogP contribution in [-0.2, 0) is 10.0 Å². The normalized spacial score (nSPS) is 11.6. The zero-order valence-corrected chi connectivity index (χ0v) is 16.1. The standard InChI is InChI=1S/C17H18Cl2N2O3S/c1-3-21(4-2)25(23,24)14-7-5-6-12(10-14)17(22)20-16-9-8-13(18)11-15(16)19/h5-11H,3-4H2,1-2H3,(H,20,22). The molecule has 1 amide bonds. The molecule has 0 aromatic heterocycles. The van der Waals surface area contributed by atoms with Crippen molar-refractivity contribution >= 4 is 44.8 Å². The smallest absolute Gasteiger partial charge is 0.255 e. The highest BCUT2D eigenvalue weighted by Gasteiger charge is 2.22. The molecule has 2 aromatic rings. The first-order valence-electron chi connectivity index (χ1n) is 7.66. The number of carbonyl (C=O) groups excluding carboxylic acids is 1. The lowest BCUT2D eigenvalue weighted by Gasteiger charge is -2.18. The van der Waals surface area contributed by atoms with Crippen LogP contribution in [0.4, 0.5) is 5.69 Å². The number of amides is 1. The number of hydrogen-bond acceptors (Lipinski definition) is 3. The molecule has 0 saturated heterocycles. The zero-order chi connectivity index (χ0) is 18.6. The van der Waals surface area contributed by atoms with E-state index in [2.05, 4.69) is 5.32 Å². The number of benzene rings is 2. The highest BCUT2D eigenvalue weighted by atomic mass is 35.5. The summed E-state index contributed by atoms with van der Waals surface area (Å²) in [5.74, 6) is -0.458. The molecule has 0 fully saturated rings. The summed E-state index contributed by atoms with van der Waals surface area (Å²) < 4.78 is 26.5. The Kier molecular flexibility index (Phi) is 6.46. The molecule has 0 aliphatic heterocycles. The molecule has 0 unspecified atom stereocenters. The van der Waals surface area contributed by atoms with Crippen LogP contribution in [0.5, 0.6) is 0 Å². The zero-order valence-electron chi connectivity index (χ0n) is 13.8. The lowest BCUT2D eigenvalue weighted by Crippen LogP contribution is -2.30. The fourth-order valence-electron chi connectivity index (χ4n) is 2.30. The predicted molar refractivity (Wildman–Crippen MR) is 101 cm³/mol. The number of halogens is 2. The van der Waals surface area contributed by atoms with Crippen LogP contribution in [0.15, 0.2) is 47.4 Å². The second-order valence-corrected chi connectivity index (χ2v) is 7.98. The average Bonchev–Trinajstić information content (AvgIpc) is 2.58. The summed E-state index contributed by atoms with van der Waals surface area (Å²) in [5, 5.41) is 3.40. The molecule has 2 rings (SSSR count). The van der Waals surface area contributed by atoms with Gasteiger partial charge in [-0.25, -0.2) is 8.42 Å². The molecule has 0 spiro atoms.